The molecule has 2 rings (SSSR count). The Morgan fingerprint density at radius 3 is 2.93 bits per heavy atom. The zero-order valence-electron chi connectivity index (χ0n) is 8.17. The summed E-state index contributed by atoms with van der Waals surface area (Å²) in [5, 5.41) is 10.2. The minimum Gasteiger partial charge on any atom is -0.481 e. The minimum atomic E-state index is -0.853. The van der Waals surface area contributed by atoms with Gasteiger partial charge in [-0.2, -0.15) is 0 Å². The number of nitrogens with one attached hydrogen (secondary N) is 1. The quantitative estimate of drug-likeness (QED) is 0.823. The number of aryl methyl sites for hydroxylation is 1. The summed E-state index contributed by atoms with van der Waals surface area (Å²) >= 11 is 6.05. The van der Waals surface area contributed by atoms with E-state index in [1.807, 2.05) is 13.0 Å². The largest absolute Gasteiger partial charge is 0.481 e. The highest BCUT2D eigenvalue weighted by Crippen LogP contribution is 2.29. The number of aromatic nitrogens is 1. The molecule has 0 atom stereocenters. The number of rotatable bonds is 2. The number of benzene rings is 1. The SMILES string of the molecule is Cc1ccc(Cl)c2c(CC(=O)O)c[nH]c12. The molecule has 4 heteroatoms. The second kappa shape index (κ2) is 3.59. The number of fused-ring (bicyclic) bond motifs is 1. The van der Waals surface area contributed by atoms with Gasteiger partial charge in [0.05, 0.1) is 17.0 Å². The number of carboxylic acid groups (broad SMARTS) is 1. The van der Waals surface area contributed by atoms with Crippen molar-refractivity contribution >= 4 is 28.5 Å². The standard InChI is InChI=1S/C11H10ClNO2/c1-6-2-3-8(12)10-7(4-9(14)15)5-13-11(6)10/h2-3,5,13H,4H2,1H3,(H,14,15). The molecule has 0 radical (unpaired) electrons. The van der Waals surface area contributed by atoms with E-state index < -0.39 is 5.97 Å². The lowest BCUT2D eigenvalue weighted by Gasteiger charge is -2.00. The molecule has 0 bridgehead atoms. The van der Waals surface area contributed by atoms with Gasteiger partial charge in [0.2, 0.25) is 0 Å². The number of carbonyl (C=O) groups is 1. The van der Waals surface area contributed by atoms with E-state index in [4.69, 9.17) is 16.7 Å². The van der Waals surface area contributed by atoms with Crippen LogP contribution in [-0.4, -0.2) is 16.1 Å². The fourth-order valence-corrected chi connectivity index (χ4v) is 1.99. The second-order valence-corrected chi connectivity index (χ2v) is 3.91. The van der Waals surface area contributed by atoms with Crippen LogP contribution < -0.4 is 0 Å². The fraction of sp³-hybridized carbons (Fsp3) is 0.182. The van der Waals surface area contributed by atoms with Gasteiger partial charge < -0.3 is 10.1 Å². The predicted octanol–water partition coefficient (Wildman–Crippen LogP) is 2.76. The monoisotopic (exact) mass is 223 g/mol. The Hall–Kier alpha value is -1.48. The molecule has 0 saturated carbocycles. The van der Waals surface area contributed by atoms with Crippen LogP contribution in [0.5, 0.6) is 0 Å². The molecular formula is C11H10ClNO2. The number of hydrogen-bond acceptors (Lipinski definition) is 1. The zero-order valence-corrected chi connectivity index (χ0v) is 8.93. The van der Waals surface area contributed by atoms with Gasteiger partial charge >= 0.3 is 5.97 Å². The molecule has 0 amide bonds. The van der Waals surface area contributed by atoms with Crippen molar-refractivity contribution in [3.8, 4) is 0 Å². The molecule has 0 aliphatic heterocycles. The first kappa shape index (κ1) is 10.1. The first-order chi connectivity index (χ1) is 7.09. The van der Waals surface area contributed by atoms with Crippen LogP contribution in [0.4, 0.5) is 0 Å². The number of carboxylic acids is 1. The van der Waals surface area contributed by atoms with E-state index in [1.165, 1.54) is 0 Å². The van der Waals surface area contributed by atoms with Crippen LogP contribution in [0.15, 0.2) is 18.3 Å². The van der Waals surface area contributed by atoms with Crippen molar-refractivity contribution in [2.45, 2.75) is 13.3 Å². The van der Waals surface area contributed by atoms with Gasteiger partial charge in [0.25, 0.3) is 0 Å². The number of halogens is 1. The van der Waals surface area contributed by atoms with E-state index in [2.05, 4.69) is 4.98 Å². The molecule has 78 valence electrons. The summed E-state index contributed by atoms with van der Waals surface area (Å²) in [6, 6.07) is 3.70. The average Bonchev–Trinajstić information content (AvgIpc) is 2.56. The third kappa shape index (κ3) is 1.70. The zero-order chi connectivity index (χ0) is 11.0. The molecule has 0 unspecified atom stereocenters. The van der Waals surface area contributed by atoms with Crippen LogP contribution in [-0.2, 0) is 11.2 Å². The molecule has 1 aromatic heterocycles. The molecule has 2 N–H and O–H groups in total. The summed E-state index contributed by atoms with van der Waals surface area (Å²) in [5.74, 6) is -0.853. The van der Waals surface area contributed by atoms with E-state index in [1.54, 1.807) is 12.3 Å². The van der Waals surface area contributed by atoms with E-state index >= 15 is 0 Å². The van der Waals surface area contributed by atoms with Crippen LogP contribution in [0.25, 0.3) is 10.9 Å². The summed E-state index contributed by atoms with van der Waals surface area (Å²) in [6.45, 7) is 1.96. The lowest BCUT2D eigenvalue weighted by molar-refractivity contribution is -0.136. The van der Waals surface area contributed by atoms with E-state index in [-0.39, 0.29) is 6.42 Å². The van der Waals surface area contributed by atoms with Crippen LogP contribution in [0.1, 0.15) is 11.1 Å². The van der Waals surface area contributed by atoms with Crippen LogP contribution >= 0.6 is 11.6 Å². The number of H-pyrrole nitrogens is 1. The topological polar surface area (TPSA) is 53.1 Å². The van der Waals surface area contributed by atoms with Crippen molar-refractivity contribution in [3.05, 3.63) is 34.5 Å². The first-order valence-electron chi connectivity index (χ1n) is 4.56. The van der Waals surface area contributed by atoms with Gasteiger partial charge in [-0.05, 0) is 24.1 Å². The van der Waals surface area contributed by atoms with Gasteiger partial charge in [-0.1, -0.05) is 17.7 Å². The Bertz CT molecular complexity index is 531. The molecule has 3 nitrogen and oxygen atoms in total. The predicted molar refractivity (Wildman–Crippen MR) is 59.4 cm³/mol. The molecular weight excluding hydrogens is 214 g/mol. The van der Waals surface area contributed by atoms with E-state index in [0.717, 1.165) is 22.0 Å². The summed E-state index contributed by atoms with van der Waals surface area (Å²) in [4.78, 5) is 13.7. The summed E-state index contributed by atoms with van der Waals surface area (Å²) < 4.78 is 0. The van der Waals surface area contributed by atoms with Gasteiger partial charge in [0.15, 0.2) is 0 Å². The van der Waals surface area contributed by atoms with Crippen molar-refractivity contribution in [2.75, 3.05) is 0 Å². The normalized spacial score (nSPS) is 10.8. The van der Waals surface area contributed by atoms with Crippen LogP contribution in [0.2, 0.25) is 5.02 Å². The van der Waals surface area contributed by atoms with Crippen molar-refractivity contribution in [2.24, 2.45) is 0 Å². The molecule has 0 spiro atoms. The molecule has 0 aliphatic carbocycles. The maximum atomic E-state index is 10.6. The van der Waals surface area contributed by atoms with Crippen molar-refractivity contribution in [1.82, 2.24) is 4.98 Å². The first-order valence-corrected chi connectivity index (χ1v) is 4.94. The van der Waals surface area contributed by atoms with Gasteiger partial charge in [-0.3, -0.25) is 4.79 Å². The summed E-state index contributed by atoms with van der Waals surface area (Å²) in [6.07, 6.45) is 1.70. The van der Waals surface area contributed by atoms with Gasteiger partial charge in [-0.15, -0.1) is 0 Å². The van der Waals surface area contributed by atoms with Crippen molar-refractivity contribution in [3.63, 3.8) is 0 Å². The Morgan fingerprint density at radius 2 is 2.27 bits per heavy atom. The van der Waals surface area contributed by atoms with Crippen LogP contribution in [0, 0.1) is 6.92 Å². The molecule has 1 heterocycles. The van der Waals surface area contributed by atoms with Gasteiger partial charge in [-0.25, -0.2) is 0 Å². The summed E-state index contributed by atoms with van der Waals surface area (Å²) in [5.41, 5.74) is 2.70. The highest BCUT2D eigenvalue weighted by molar-refractivity contribution is 6.35. The molecule has 1 aromatic carbocycles. The highest BCUT2D eigenvalue weighted by Gasteiger charge is 2.11. The smallest absolute Gasteiger partial charge is 0.307 e. The Balaban J connectivity index is 2.67. The lowest BCUT2D eigenvalue weighted by Crippen LogP contribution is -1.98. The highest BCUT2D eigenvalue weighted by atomic mass is 35.5. The molecule has 15 heavy (non-hydrogen) atoms. The Labute approximate surface area is 91.7 Å². The third-order valence-electron chi connectivity index (χ3n) is 2.42. The van der Waals surface area contributed by atoms with E-state index in [0.29, 0.717) is 5.02 Å². The van der Waals surface area contributed by atoms with Crippen molar-refractivity contribution < 1.29 is 9.90 Å². The maximum absolute atomic E-state index is 10.6. The molecule has 0 saturated heterocycles. The third-order valence-corrected chi connectivity index (χ3v) is 2.73. The fourth-order valence-electron chi connectivity index (χ4n) is 1.72. The minimum absolute atomic E-state index is 0.0107. The van der Waals surface area contributed by atoms with Crippen LogP contribution in [0.3, 0.4) is 0 Å². The number of hydrogen-bond donors (Lipinski definition) is 2. The second-order valence-electron chi connectivity index (χ2n) is 3.50. The Kier molecular flexibility index (Phi) is 2.40. The van der Waals surface area contributed by atoms with Gasteiger partial charge in [0, 0.05) is 11.6 Å². The molecule has 0 fully saturated rings. The molecule has 0 aliphatic rings. The maximum Gasteiger partial charge on any atom is 0.307 e. The number of aromatic amines is 1. The van der Waals surface area contributed by atoms with E-state index in [9.17, 15) is 4.79 Å². The number of aliphatic carboxylic acids is 1. The molecule has 2 aromatic rings. The average molecular weight is 224 g/mol. The lowest BCUT2D eigenvalue weighted by atomic mass is 10.1. The van der Waals surface area contributed by atoms with Crippen molar-refractivity contribution in [1.29, 1.82) is 0 Å². The van der Waals surface area contributed by atoms with Gasteiger partial charge in [0.1, 0.15) is 0 Å². The summed E-state index contributed by atoms with van der Waals surface area (Å²) in [7, 11) is 0. The Morgan fingerprint density at radius 1 is 1.53 bits per heavy atom.